The lowest BCUT2D eigenvalue weighted by Crippen LogP contribution is -1.85. The number of nitrogens with one attached hydrogen (secondary N) is 2. The van der Waals surface area contributed by atoms with Gasteiger partial charge in [-0.25, -0.2) is 0 Å². The molecule has 4 nitrogen and oxygen atoms in total. The number of H-pyrrole nitrogens is 2. The summed E-state index contributed by atoms with van der Waals surface area (Å²) in [5.41, 5.74) is 6.48. The average molecular weight is 285 g/mol. The fourth-order valence-electron chi connectivity index (χ4n) is 2.59. The highest BCUT2D eigenvalue weighted by Gasteiger charge is 2.09. The first-order chi connectivity index (χ1) is 10.9. The van der Waals surface area contributed by atoms with Crippen molar-refractivity contribution in [1.29, 1.82) is 0 Å². The zero-order valence-corrected chi connectivity index (χ0v) is 11.7. The second-order valence-corrected chi connectivity index (χ2v) is 5.00. The highest BCUT2D eigenvalue weighted by atomic mass is 15.1. The second kappa shape index (κ2) is 5.33. The number of aromatic amines is 2. The van der Waals surface area contributed by atoms with Gasteiger partial charge in [0.05, 0.1) is 11.9 Å². The third-order valence-corrected chi connectivity index (χ3v) is 3.64. The molecule has 0 amide bonds. The minimum absolute atomic E-state index is 0.939. The van der Waals surface area contributed by atoms with Crippen molar-refractivity contribution in [2.24, 2.45) is 0 Å². The average Bonchev–Trinajstić information content (AvgIpc) is 3.28. The van der Waals surface area contributed by atoms with Crippen LogP contribution < -0.4 is 0 Å². The Balaban J connectivity index is 1.85. The molecule has 0 saturated heterocycles. The molecule has 22 heavy (non-hydrogen) atoms. The van der Waals surface area contributed by atoms with E-state index in [1.54, 1.807) is 0 Å². The van der Waals surface area contributed by atoms with Crippen molar-refractivity contribution >= 4 is 0 Å². The van der Waals surface area contributed by atoms with Gasteiger partial charge in [0.15, 0.2) is 0 Å². The molecule has 2 aromatic heterocycles. The van der Waals surface area contributed by atoms with E-state index in [2.05, 4.69) is 56.8 Å². The molecule has 105 valence electrons. The van der Waals surface area contributed by atoms with Crippen molar-refractivity contribution < 1.29 is 0 Å². The summed E-state index contributed by atoms with van der Waals surface area (Å²) in [6, 6.07) is 19.5. The predicted octanol–water partition coefficient (Wildman–Crippen LogP) is 3.93. The number of hydrogen-bond donors (Lipinski definition) is 2. The van der Waals surface area contributed by atoms with Gasteiger partial charge in [0.1, 0.15) is 0 Å². The van der Waals surface area contributed by atoms with Crippen molar-refractivity contribution in [1.82, 2.24) is 20.4 Å². The van der Waals surface area contributed by atoms with Gasteiger partial charge in [-0.1, -0.05) is 30.3 Å². The van der Waals surface area contributed by atoms with Crippen LogP contribution in [0.3, 0.4) is 0 Å². The van der Waals surface area contributed by atoms with Gasteiger partial charge in [-0.3, -0.25) is 10.2 Å². The van der Waals surface area contributed by atoms with Crippen molar-refractivity contribution in [2.45, 2.75) is 0 Å². The van der Waals surface area contributed by atoms with Crippen LogP contribution in [-0.2, 0) is 0 Å². The fourth-order valence-corrected chi connectivity index (χ4v) is 2.59. The van der Waals surface area contributed by atoms with Gasteiger partial charge >= 0.3 is 0 Å². The molecule has 0 aliphatic rings. The van der Waals surface area contributed by atoms with Crippen LogP contribution >= 0.6 is 0 Å². The van der Waals surface area contributed by atoms with Crippen LogP contribution in [0.5, 0.6) is 0 Å². The molecular weight excluding hydrogens is 272 g/mol. The Morgan fingerprint density at radius 2 is 1.86 bits per heavy atom. The van der Waals surface area contributed by atoms with E-state index in [-0.39, 0.29) is 0 Å². The van der Waals surface area contributed by atoms with Gasteiger partial charge < -0.3 is 0 Å². The summed E-state index contributed by atoms with van der Waals surface area (Å²) in [5, 5.41) is 14.0. The topological polar surface area (TPSA) is 57.4 Å². The first kappa shape index (κ1) is 12.6. The Kier molecular flexibility index (Phi) is 3.05. The Bertz CT molecular complexity index is 877. The maximum Gasteiger partial charge on any atom is 0.0920 e. The molecule has 0 atom stereocenters. The molecule has 0 aliphatic carbocycles. The lowest BCUT2D eigenvalue weighted by atomic mass is 9.95. The van der Waals surface area contributed by atoms with Crippen LogP contribution in [0.1, 0.15) is 0 Å². The number of aromatic nitrogens is 4. The molecule has 0 saturated carbocycles. The van der Waals surface area contributed by atoms with Crippen molar-refractivity contribution in [3.8, 4) is 33.5 Å². The number of benzene rings is 2. The highest BCUT2D eigenvalue weighted by Crippen LogP contribution is 2.33. The molecule has 1 radical (unpaired) electrons. The van der Waals surface area contributed by atoms with E-state index in [1.165, 1.54) is 0 Å². The van der Waals surface area contributed by atoms with Crippen molar-refractivity contribution in [3.63, 3.8) is 0 Å². The summed E-state index contributed by atoms with van der Waals surface area (Å²) in [7, 11) is 0. The summed E-state index contributed by atoms with van der Waals surface area (Å²) in [4.78, 5) is 0. The molecule has 4 heteroatoms. The van der Waals surface area contributed by atoms with Gasteiger partial charge in [-0.15, -0.1) is 0 Å². The number of nitrogens with zero attached hydrogens (tertiary/aromatic N) is 2. The Morgan fingerprint density at radius 1 is 0.909 bits per heavy atom. The van der Waals surface area contributed by atoms with Crippen LogP contribution in [0.2, 0.25) is 0 Å². The zero-order chi connectivity index (χ0) is 14.8. The summed E-state index contributed by atoms with van der Waals surface area (Å²) < 4.78 is 0. The quantitative estimate of drug-likeness (QED) is 0.599. The van der Waals surface area contributed by atoms with Crippen LogP contribution in [-0.4, -0.2) is 20.4 Å². The molecular formula is C18H13N4. The first-order valence-electron chi connectivity index (χ1n) is 7.02. The molecule has 4 rings (SSSR count). The van der Waals surface area contributed by atoms with Gasteiger partial charge in [0.2, 0.25) is 0 Å². The summed E-state index contributed by atoms with van der Waals surface area (Å²) in [6.45, 7) is 0. The Labute approximate surface area is 127 Å². The van der Waals surface area contributed by atoms with Gasteiger partial charge in [-0.2, -0.15) is 10.2 Å². The van der Waals surface area contributed by atoms with E-state index in [4.69, 9.17) is 0 Å². The number of rotatable bonds is 3. The molecule has 0 spiro atoms. The molecule has 2 aromatic carbocycles. The molecule has 2 N–H and O–H groups in total. The molecule has 2 heterocycles. The lowest BCUT2D eigenvalue weighted by Gasteiger charge is -2.09. The fraction of sp³-hybridized carbons (Fsp3) is 0. The van der Waals surface area contributed by atoms with Crippen LogP contribution in [0.15, 0.2) is 67.1 Å². The van der Waals surface area contributed by atoms with Gasteiger partial charge in [0, 0.05) is 23.5 Å². The van der Waals surface area contributed by atoms with Crippen molar-refractivity contribution in [3.05, 3.63) is 73.2 Å². The molecule has 0 unspecified atom stereocenters. The number of hydrogen-bond acceptors (Lipinski definition) is 2. The Hall–Kier alpha value is -3.14. The van der Waals surface area contributed by atoms with E-state index in [0.29, 0.717) is 0 Å². The predicted molar refractivity (Wildman–Crippen MR) is 85.9 cm³/mol. The first-order valence-corrected chi connectivity index (χ1v) is 7.02. The lowest BCUT2D eigenvalue weighted by molar-refractivity contribution is 1.09. The van der Waals surface area contributed by atoms with Crippen LogP contribution in [0, 0.1) is 6.07 Å². The highest BCUT2D eigenvalue weighted by molar-refractivity contribution is 5.84. The van der Waals surface area contributed by atoms with E-state index in [0.717, 1.165) is 33.5 Å². The van der Waals surface area contributed by atoms with Crippen molar-refractivity contribution in [2.75, 3.05) is 0 Å². The molecule has 0 fully saturated rings. The van der Waals surface area contributed by atoms with Gasteiger partial charge in [-0.05, 0) is 41.0 Å². The SMILES string of the molecule is [c]1ccc(-c2cccc(-c3cc[nH]n3)c2)c(-c2cn[nH]c2)c1. The second-order valence-electron chi connectivity index (χ2n) is 5.00. The molecule has 0 aliphatic heterocycles. The van der Waals surface area contributed by atoms with Gasteiger partial charge in [0.25, 0.3) is 0 Å². The van der Waals surface area contributed by atoms with E-state index >= 15 is 0 Å². The normalized spacial score (nSPS) is 10.7. The molecule has 0 bridgehead atoms. The monoisotopic (exact) mass is 285 g/mol. The summed E-state index contributed by atoms with van der Waals surface area (Å²) in [6.07, 6.45) is 5.55. The maximum atomic E-state index is 4.25. The maximum absolute atomic E-state index is 4.25. The third-order valence-electron chi connectivity index (χ3n) is 3.64. The minimum atomic E-state index is 0.939. The zero-order valence-electron chi connectivity index (χ0n) is 11.7. The summed E-state index contributed by atoms with van der Waals surface area (Å²) in [5.74, 6) is 0. The Morgan fingerprint density at radius 3 is 2.68 bits per heavy atom. The van der Waals surface area contributed by atoms with E-state index < -0.39 is 0 Å². The largest absolute Gasteiger partial charge is 0.285 e. The van der Waals surface area contributed by atoms with E-state index in [1.807, 2.05) is 36.8 Å². The third kappa shape index (κ3) is 2.20. The van der Waals surface area contributed by atoms with Crippen LogP contribution in [0.25, 0.3) is 33.5 Å². The van der Waals surface area contributed by atoms with E-state index in [9.17, 15) is 0 Å². The standard InChI is InChI=1S/C18H13N4/c1-2-7-17(15-11-20-21-12-15)16(6-1)13-4-3-5-14(10-13)18-8-9-19-22-18/h1,3-12H,(H,19,22)(H,20,21). The summed E-state index contributed by atoms with van der Waals surface area (Å²) >= 11 is 0. The minimum Gasteiger partial charge on any atom is -0.285 e. The smallest absolute Gasteiger partial charge is 0.0920 e. The molecule has 4 aromatic rings. The van der Waals surface area contributed by atoms with Crippen LogP contribution in [0.4, 0.5) is 0 Å².